The van der Waals surface area contributed by atoms with Crippen molar-refractivity contribution in [3.63, 3.8) is 0 Å². The minimum Gasteiger partial charge on any atom is -0.372 e. The lowest BCUT2D eigenvalue weighted by atomic mass is 10.1. The van der Waals surface area contributed by atoms with Crippen molar-refractivity contribution >= 4 is 0 Å². The third-order valence-electron chi connectivity index (χ3n) is 3.19. The van der Waals surface area contributed by atoms with Crippen LogP contribution in [0.25, 0.3) is 0 Å². The van der Waals surface area contributed by atoms with E-state index in [0.717, 1.165) is 18.9 Å². The summed E-state index contributed by atoms with van der Waals surface area (Å²) < 4.78 is 31.6. The lowest BCUT2D eigenvalue weighted by molar-refractivity contribution is 0.0660. The predicted molar refractivity (Wildman–Crippen MR) is 61.7 cm³/mol. The molecular formula is C13H17F2NO. The quantitative estimate of drug-likeness (QED) is 0.859. The van der Waals surface area contributed by atoms with E-state index in [9.17, 15) is 8.78 Å². The standard InChI is InChI=1S/C13H17F2NO/c1-2-10-5-6-17-13(8-16-10)9-3-4-11(14)12(15)7-9/h3-4,7,10,13,16H,2,5-6,8H2,1H3. The van der Waals surface area contributed by atoms with E-state index < -0.39 is 11.6 Å². The van der Waals surface area contributed by atoms with Gasteiger partial charge in [-0.25, -0.2) is 8.78 Å². The Morgan fingerprint density at radius 1 is 1.35 bits per heavy atom. The second-order valence-electron chi connectivity index (χ2n) is 4.34. The Hall–Kier alpha value is -1.00. The number of rotatable bonds is 2. The van der Waals surface area contributed by atoms with E-state index in [1.165, 1.54) is 6.07 Å². The van der Waals surface area contributed by atoms with Crippen LogP contribution in [0.3, 0.4) is 0 Å². The molecule has 0 aliphatic carbocycles. The van der Waals surface area contributed by atoms with E-state index in [4.69, 9.17) is 4.74 Å². The average Bonchev–Trinajstić information content (AvgIpc) is 2.58. The largest absolute Gasteiger partial charge is 0.372 e. The van der Waals surface area contributed by atoms with Gasteiger partial charge in [-0.05, 0) is 30.5 Å². The Labute approximate surface area is 100.0 Å². The number of benzene rings is 1. The molecule has 1 N–H and O–H groups in total. The normalized spacial score (nSPS) is 25.6. The third-order valence-corrected chi connectivity index (χ3v) is 3.19. The second-order valence-corrected chi connectivity index (χ2v) is 4.34. The van der Waals surface area contributed by atoms with E-state index in [2.05, 4.69) is 12.2 Å². The number of halogens is 2. The minimum absolute atomic E-state index is 0.193. The lowest BCUT2D eigenvalue weighted by Crippen LogP contribution is -2.29. The molecule has 1 aromatic rings. The Morgan fingerprint density at radius 2 is 2.18 bits per heavy atom. The van der Waals surface area contributed by atoms with Gasteiger partial charge in [0.2, 0.25) is 0 Å². The highest BCUT2D eigenvalue weighted by Crippen LogP contribution is 2.22. The van der Waals surface area contributed by atoms with Gasteiger partial charge >= 0.3 is 0 Å². The molecular weight excluding hydrogens is 224 g/mol. The van der Waals surface area contributed by atoms with Crippen molar-refractivity contribution in [2.75, 3.05) is 13.2 Å². The van der Waals surface area contributed by atoms with Crippen LogP contribution in [0.4, 0.5) is 8.78 Å². The van der Waals surface area contributed by atoms with Gasteiger partial charge in [-0.15, -0.1) is 0 Å². The van der Waals surface area contributed by atoms with Gasteiger partial charge in [-0.2, -0.15) is 0 Å². The lowest BCUT2D eigenvalue weighted by Gasteiger charge is -2.16. The van der Waals surface area contributed by atoms with Gasteiger partial charge in [0.15, 0.2) is 11.6 Å². The first-order valence-corrected chi connectivity index (χ1v) is 6.00. The predicted octanol–water partition coefficient (Wildman–Crippen LogP) is 2.79. The van der Waals surface area contributed by atoms with Crippen LogP contribution in [0, 0.1) is 11.6 Å². The fourth-order valence-corrected chi connectivity index (χ4v) is 2.06. The summed E-state index contributed by atoms with van der Waals surface area (Å²) in [7, 11) is 0. The zero-order chi connectivity index (χ0) is 12.3. The Bertz CT molecular complexity index is 384. The van der Waals surface area contributed by atoms with Crippen molar-refractivity contribution in [2.45, 2.75) is 31.9 Å². The van der Waals surface area contributed by atoms with Crippen LogP contribution in [0.1, 0.15) is 31.4 Å². The summed E-state index contributed by atoms with van der Waals surface area (Å²) in [6.07, 6.45) is 1.81. The van der Waals surface area contributed by atoms with Gasteiger partial charge in [-0.1, -0.05) is 13.0 Å². The Balaban J connectivity index is 2.08. The summed E-state index contributed by atoms with van der Waals surface area (Å²) in [4.78, 5) is 0. The fourth-order valence-electron chi connectivity index (χ4n) is 2.06. The first kappa shape index (κ1) is 12.5. The van der Waals surface area contributed by atoms with Crippen LogP contribution >= 0.6 is 0 Å². The summed E-state index contributed by atoms with van der Waals surface area (Å²) in [6.45, 7) is 3.41. The molecule has 1 aliphatic heterocycles. The topological polar surface area (TPSA) is 21.3 Å². The van der Waals surface area contributed by atoms with Crippen molar-refractivity contribution in [2.24, 2.45) is 0 Å². The van der Waals surface area contributed by atoms with Gasteiger partial charge in [0.25, 0.3) is 0 Å². The molecule has 2 nitrogen and oxygen atoms in total. The molecule has 1 aliphatic rings. The zero-order valence-corrected chi connectivity index (χ0v) is 9.88. The van der Waals surface area contributed by atoms with Gasteiger partial charge < -0.3 is 10.1 Å². The van der Waals surface area contributed by atoms with Crippen molar-refractivity contribution in [1.82, 2.24) is 5.32 Å². The molecule has 1 heterocycles. The molecule has 4 heteroatoms. The van der Waals surface area contributed by atoms with Crippen LogP contribution in [-0.4, -0.2) is 19.2 Å². The maximum atomic E-state index is 13.1. The smallest absolute Gasteiger partial charge is 0.159 e. The summed E-state index contributed by atoms with van der Waals surface area (Å²) >= 11 is 0. The van der Waals surface area contributed by atoms with Gasteiger partial charge in [0, 0.05) is 19.2 Å². The van der Waals surface area contributed by atoms with Crippen molar-refractivity contribution in [3.8, 4) is 0 Å². The number of hydrogen-bond donors (Lipinski definition) is 1. The van der Waals surface area contributed by atoms with Gasteiger partial charge in [0.05, 0.1) is 6.10 Å². The first-order chi connectivity index (χ1) is 8.20. The van der Waals surface area contributed by atoms with E-state index in [0.29, 0.717) is 24.8 Å². The number of nitrogens with one attached hydrogen (secondary N) is 1. The van der Waals surface area contributed by atoms with E-state index in [1.54, 1.807) is 6.07 Å². The van der Waals surface area contributed by atoms with E-state index >= 15 is 0 Å². The monoisotopic (exact) mass is 241 g/mol. The second kappa shape index (κ2) is 5.56. The first-order valence-electron chi connectivity index (χ1n) is 6.00. The van der Waals surface area contributed by atoms with Gasteiger partial charge in [-0.3, -0.25) is 0 Å². The summed E-state index contributed by atoms with van der Waals surface area (Å²) in [5.74, 6) is -1.64. The van der Waals surface area contributed by atoms with Crippen LogP contribution in [0.5, 0.6) is 0 Å². The highest BCUT2D eigenvalue weighted by Gasteiger charge is 2.19. The highest BCUT2D eigenvalue weighted by atomic mass is 19.2. The van der Waals surface area contributed by atoms with Crippen LogP contribution < -0.4 is 5.32 Å². The van der Waals surface area contributed by atoms with Gasteiger partial charge in [0.1, 0.15) is 0 Å². The molecule has 0 amide bonds. The van der Waals surface area contributed by atoms with Crippen LogP contribution in [-0.2, 0) is 4.74 Å². The molecule has 0 bridgehead atoms. The zero-order valence-electron chi connectivity index (χ0n) is 9.88. The number of hydrogen-bond acceptors (Lipinski definition) is 2. The Kier molecular flexibility index (Phi) is 4.07. The molecule has 2 unspecified atom stereocenters. The molecule has 0 radical (unpaired) electrons. The molecule has 0 saturated carbocycles. The maximum Gasteiger partial charge on any atom is 0.159 e. The molecule has 1 saturated heterocycles. The van der Waals surface area contributed by atoms with E-state index in [1.807, 2.05) is 0 Å². The highest BCUT2D eigenvalue weighted by molar-refractivity contribution is 5.20. The summed E-state index contributed by atoms with van der Waals surface area (Å²) in [5.41, 5.74) is 0.688. The van der Waals surface area contributed by atoms with E-state index in [-0.39, 0.29) is 6.10 Å². The SMILES string of the molecule is CCC1CCOC(c2ccc(F)c(F)c2)CN1. The summed E-state index contributed by atoms with van der Waals surface area (Å²) in [6, 6.07) is 4.39. The average molecular weight is 241 g/mol. The molecule has 0 spiro atoms. The molecule has 2 rings (SSSR count). The summed E-state index contributed by atoms with van der Waals surface area (Å²) in [5, 5.41) is 3.37. The molecule has 1 fully saturated rings. The molecule has 17 heavy (non-hydrogen) atoms. The van der Waals surface area contributed by atoms with Crippen molar-refractivity contribution in [3.05, 3.63) is 35.4 Å². The van der Waals surface area contributed by atoms with Crippen molar-refractivity contribution in [1.29, 1.82) is 0 Å². The fraction of sp³-hybridized carbons (Fsp3) is 0.538. The van der Waals surface area contributed by atoms with Crippen LogP contribution in [0.2, 0.25) is 0 Å². The molecule has 1 aromatic carbocycles. The number of ether oxygens (including phenoxy) is 1. The molecule has 0 aromatic heterocycles. The molecule has 94 valence electrons. The van der Waals surface area contributed by atoms with Crippen molar-refractivity contribution < 1.29 is 13.5 Å². The third kappa shape index (κ3) is 3.01. The maximum absolute atomic E-state index is 13.1. The Morgan fingerprint density at radius 3 is 2.88 bits per heavy atom. The molecule has 2 atom stereocenters. The minimum atomic E-state index is -0.818. The van der Waals surface area contributed by atoms with Crippen LogP contribution in [0.15, 0.2) is 18.2 Å².